The first-order chi connectivity index (χ1) is 8.91. The van der Waals surface area contributed by atoms with E-state index < -0.39 is 31.7 Å². The summed E-state index contributed by atoms with van der Waals surface area (Å²) in [6, 6.07) is 0. The van der Waals surface area contributed by atoms with E-state index in [9.17, 15) is 0 Å². The molecule has 1 rings (SSSR count). The Morgan fingerprint density at radius 2 is 1.10 bits per heavy atom. The SMILES string of the molecule is [B]C1([B])CNC([B])([B])C([B])(C([B])(C([B])([B])[B])C([B])([B])[B])N1. The molecule has 21 heavy (non-hydrogen) atoms. The van der Waals surface area contributed by atoms with E-state index in [1.807, 2.05) is 0 Å². The van der Waals surface area contributed by atoms with Gasteiger partial charge in [-0.05, 0) is 22.7 Å². The van der Waals surface area contributed by atoms with Crippen LogP contribution in [-0.4, -0.2) is 117 Å². The van der Waals surface area contributed by atoms with Gasteiger partial charge in [-0.3, -0.25) is 0 Å². The Balaban J connectivity index is 3.60. The van der Waals surface area contributed by atoms with E-state index in [0.29, 0.717) is 0 Å². The van der Waals surface area contributed by atoms with Crippen LogP contribution in [0.25, 0.3) is 0 Å². The average molecular weight is 246 g/mol. The maximum absolute atomic E-state index is 6.17. The lowest BCUT2D eigenvalue weighted by Crippen LogP contribution is -2.87. The van der Waals surface area contributed by atoms with Crippen LogP contribution >= 0.6 is 0 Å². The molecule has 24 radical (unpaired) electrons. The summed E-state index contributed by atoms with van der Waals surface area (Å²) in [5, 5.41) is -5.43. The fourth-order valence-electron chi connectivity index (χ4n) is 2.43. The van der Waals surface area contributed by atoms with Crippen molar-refractivity contribution in [3.63, 3.8) is 0 Å². The standard InChI is InChI=1S/C7H4B12N2/c8-2(9)1-20-7(18,19)4(11,21-2)3(10,5(12,13)14)6(15,16)17/h20-21H,1H2. The van der Waals surface area contributed by atoms with Crippen LogP contribution < -0.4 is 10.6 Å². The van der Waals surface area contributed by atoms with Gasteiger partial charge in [0.2, 0.25) is 0 Å². The molecule has 1 unspecified atom stereocenters. The molecule has 2 N–H and O–H groups in total. The van der Waals surface area contributed by atoms with Crippen molar-refractivity contribution in [1.29, 1.82) is 0 Å². The fourth-order valence-corrected chi connectivity index (χ4v) is 2.43. The van der Waals surface area contributed by atoms with Crippen molar-refractivity contribution in [2.75, 3.05) is 6.54 Å². The molecule has 14 heteroatoms. The number of hydrogen-bond donors (Lipinski definition) is 2. The van der Waals surface area contributed by atoms with E-state index in [0.717, 1.165) is 0 Å². The lowest BCUT2D eigenvalue weighted by Gasteiger charge is -2.74. The maximum atomic E-state index is 6.17. The molecule has 0 spiro atoms. The molecule has 0 aliphatic carbocycles. The van der Waals surface area contributed by atoms with Crippen molar-refractivity contribution >= 4 is 94.2 Å². The van der Waals surface area contributed by atoms with Crippen molar-refractivity contribution in [1.82, 2.24) is 10.6 Å². The minimum Gasteiger partial charge on any atom is -0.330 e. The summed E-state index contributed by atoms with van der Waals surface area (Å²) >= 11 is 0. The largest absolute Gasteiger partial charge is 0.330 e. The summed E-state index contributed by atoms with van der Waals surface area (Å²) in [6.45, 7) is -0.0749. The summed E-state index contributed by atoms with van der Waals surface area (Å²) < 4.78 is 0. The minimum absolute atomic E-state index is 0.0749. The van der Waals surface area contributed by atoms with Gasteiger partial charge < -0.3 is 10.6 Å². The van der Waals surface area contributed by atoms with Crippen LogP contribution in [0, 0.1) is 0 Å². The summed E-state index contributed by atoms with van der Waals surface area (Å²) in [6.07, 6.45) is 0. The van der Waals surface area contributed by atoms with Crippen LogP contribution in [0.4, 0.5) is 0 Å². The first-order valence-electron chi connectivity index (χ1n) is 5.92. The average Bonchev–Trinajstić information content (AvgIpc) is 2.19. The van der Waals surface area contributed by atoms with Crippen molar-refractivity contribution < 1.29 is 0 Å². The second kappa shape index (κ2) is 5.10. The van der Waals surface area contributed by atoms with Gasteiger partial charge in [-0.1, -0.05) is 5.31 Å². The molecule has 1 atom stereocenters. The summed E-state index contributed by atoms with van der Waals surface area (Å²) in [7, 11) is 69.7. The van der Waals surface area contributed by atoms with E-state index in [2.05, 4.69) is 10.6 Å². The number of piperazine rings is 1. The molecule has 0 aromatic rings. The van der Waals surface area contributed by atoms with Crippen molar-refractivity contribution in [2.24, 2.45) is 0 Å². The number of hydrogen-bond acceptors (Lipinski definition) is 2. The van der Waals surface area contributed by atoms with Crippen molar-refractivity contribution in [3.8, 4) is 0 Å². The third kappa shape index (κ3) is 2.93. The number of nitrogens with one attached hydrogen (secondary N) is 2. The highest BCUT2D eigenvalue weighted by molar-refractivity contribution is 6.71. The Morgan fingerprint density at radius 1 is 0.714 bits per heavy atom. The molecule has 0 amide bonds. The third-order valence-electron chi connectivity index (χ3n) is 3.74. The van der Waals surface area contributed by atoms with Crippen LogP contribution in [0.15, 0.2) is 0 Å². The molecule has 1 heterocycles. The Kier molecular flexibility index (Phi) is 4.79. The first kappa shape index (κ1) is 19.7. The highest BCUT2D eigenvalue weighted by Gasteiger charge is 2.61. The molecule has 2 nitrogen and oxygen atoms in total. The first-order valence-corrected chi connectivity index (χ1v) is 5.92. The van der Waals surface area contributed by atoms with E-state index in [4.69, 9.17) is 94.2 Å². The normalized spacial score (nSPS) is 29.7. The molecule has 0 aromatic heterocycles. The van der Waals surface area contributed by atoms with Crippen LogP contribution in [0.2, 0.25) is 15.5 Å². The van der Waals surface area contributed by atoms with E-state index >= 15 is 0 Å². The molecule has 1 aliphatic rings. The Bertz CT molecular complexity index is 397. The van der Waals surface area contributed by atoms with Crippen molar-refractivity contribution in [3.05, 3.63) is 0 Å². The van der Waals surface area contributed by atoms with Gasteiger partial charge in [0.25, 0.3) is 0 Å². The molecule has 0 saturated carbocycles. The van der Waals surface area contributed by atoms with Gasteiger partial charge in [0.05, 0.1) is 94.2 Å². The fraction of sp³-hybridized carbons (Fsp3) is 1.00. The summed E-state index contributed by atoms with van der Waals surface area (Å²) in [5.74, 6) is 0. The second-order valence-corrected chi connectivity index (χ2v) is 5.87. The van der Waals surface area contributed by atoms with Crippen LogP contribution in [0.1, 0.15) is 0 Å². The predicted octanol–water partition coefficient (Wildman–Crippen LogP) is -5.49. The minimum atomic E-state index is -2.37. The highest BCUT2D eigenvalue weighted by Crippen LogP contribution is 2.63. The quantitative estimate of drug-likeness (QED) is 0.485. The van der Waals surface area contributed by atoms with Crippen molar-refractivity contribution in [2.45, 2.75) is 31.7 Å². The lowest BCUT2D eigenvalue weighted by molar-refractivity contribution is 0.207. The zero-order valence-corrected chi connectivity index (χ0v) is 11.6. The topological polar surface area (TPSA) is 24.1 Å². The van der Waals surface area contributed by atoms with Crippen LogP contribution in [0.5, 0.6) is 0 Å². The van der Waals surface area contributed by atoms with Crippen LogP contribution in [0.3, 0.4) is 0 Å². The van der Waals surface area contributed by atoms with Gasteiger partial charge in [-0.25, -0.2) is 0 Å². The highest BCUT2D eigenvalue weighted by atomic mass is 15.2. The lowest BCUT2D eigenvalue weighted by atomic mass is 9.08. The molecular weight excluding hydrogens is 242 g/mol. The summed E-state index contributed by atoms with van der Waals surface area (Å²) in [4.78, 5) is 0. The Morgan fingerprint density at radius 3 is 1.43 bits per heavy atom. The van der Waals surface area contributed by atoms with Gasteiger partial charge in [-0.15, -0.1) is 10.2 Å². The second-order valence-electron chi connectivity index (χ2n) is 5.87. The third-order valence-corrected chi connectivity index (χ3v) is 3.74. The van der Waals surface area contributed by atoms with Gasteiger partial charge in [0.15, 0.2) is 0 Å². The monoisotopic (exact) mass is 248 g/mol. The molecule has 1 saturated heterocycles. The predicted molar refractivity (Wildman–Crippen MR) is 96.5 cm³/mol. The van der Waals surface area contributed by atoms with Gasteiger partial charge in [0.1, 0.15) is 0 Å². The summed E-state index contributed by atoms with van der Waals surface area (Å²) in [5.41, 5.74) is -2.20. The van der Waals surface area contributed by atoms with Gasteiger partial charge in [-0.2, -0.15) is 0 Å². The molecular formula is C7H4B12N2. The molecule has 0 bridgehead atoms. The zero-order valence-electron chi connectivity index (χ0n) is 11.6. The number of rotatable bonds is 3. The smallest absolute Gasteiger partial charge is 0.0953 e. The van der Waals surface area contributed by atoms with Crippen LogP contribution in [-0.2, 0) is 0 Å². The molecule has 0 aromatic carbocycles. The van der Waals surface area contributed by atoms with E-state index in [-0.39, 0.29) is 6.54 Å². The molecule has 1 fully saturated rings. The Hall–Kier alpha value is 0.699. The maximum Gasteiger partial charge on any atom is 0.0953 e. The molecule has 78 valence electrons. The van der Waals surface area contributed by atoms with E-state index in [1.165, 1.54) is 0 Å². The van der Waals surface area contributed by atoms with Gasteiger partial charge >= 0.3 is 0 Å². The Labute approximate surface area is 143 Å². The van der Waals surface area contributed by atoms with E-state index in [1.54, 1.807) is 0 Å². The zero-order chi connectivity index (χ0) is 17.1. The van der Waals surface area contributed by atoms with Gasteiger partial charge in [0, 0.05) is 0 Å². The molecule has 1 aliphatic heterocycles.